The van der Waals surface area contributed by atoms with Crippen LogP contribution in [0.3, 0.4) is 0 Å². The van der Waals surface area contributed by atoms with Crippen LogP contribution in [0.1, 0.15) is 153 Å². The summed E-state index contributed by atoms with van der Waals surface area (Å²) in [6.45, 7) is 21.5. The number of carbonyl (C=O) groups excluding carboxylic acids is 12. The van der Waals surface area contributed by atoms with Crippen LogP contribution in [-0.2, 0) is 79.8 Å². The van der Waals surface area contributed by atoms with E-state index in [2.05, 4.69) is 21.3 Å². The van der Waals surface area contributed by atoms with Gasteiger partial charge in [0.2, 0.25) is 47.3 Å². The number of aliphatic hydroxyl groups excluding tert-OH is 1. The molecular weight excluding hydrogens is 1240 g/mol. The van der Waals surface area contributed by atoms with Gasteiger partial charge in [-0.1, -0.05) is 90.4 Å². The molecule has 0 bridgehead atoms. The fraction of sp³-hybridized carbons (Fsp3) is 0.657. The fourth-order valence-electron chi connectivity index (χ4n) is 13.1. The van der Waals surface area contributed by atoms with Gasteiger partial charge < -0.3 is 69.8 Å². The predicted molar refractivity (Wildman–Crippen MR) is 353 cm³/mol. The first-order chi connectivity index (χ1) is 45.1. The Morgan fingerprint density at radius 3 is 2.05 bits per heavy atom. The van der Waals surface area contributed by atoms with Crippen molar-refractivity contribution in [2.45, 2.75) is 239 Å². The summed E-state index contributed by atoms with van der Waals surface area (Å²) in [6.07, 6.45) is -4.85. The zero-order valence-corrected chi connectivity index (χ0v) is 58.7. The van der Waals surface area contributed by atoms with Gasteiger partial charge in [0.15, 0.2) is 11.9 Å². The second-order valence-corrected chi connectivity index (χ2v) is 28.1. The number of Topliss-reactive ketones (excluding diaryl/α,β-unsaturated/α-hetero) is 1. The largest absolute Gasteiger partial charge is 0.497 e. The second-order valence-electron chi connectivity index (χ2n) is 28.1. The van der Waals surface area contributed by atoms with Gasteiger partial charge in [-0.05, 0) is 128 Å². The molecule has 0 saturated carbocycles. The van der Waals surface area contributed by atoms with Crippen molar-refractivity contribution in [2.24, 2.45) is 23.7 Å². The molecule has 5 N–H and O–H groups in total. The summed E-state index contributed by atoms with van der Waals surface area (Å²) in [4.78, 5) is 181. The molecule has 26 heteroatoms. The molecule has 0 radical (unpaired) electrons. The number of ether oxygens (including phenoxy) is 4. The maximum Gasteiger partial charge on any atom is 0.408 e. The van der Waals surface area contributed by atoms with Crippen molar-refractivity contribution in [3.8, 4) is 5.75 Å². The number of nitrogens with one attached hydrogen (secondary N) is 4. The number of carbonyl (C=O) groups is 12. The number of rotatable bonds is 17. The van der Waals surface area contributed by atoms with Crippen LogP contribution in [0, 0.1) is 23.7 Å². The van der Waals surface area contributed by atoms with Crippen LogP contribution < -0.4 is 26.0 Å². The Morgan fingerprint density at radius 1 is 0.802 bits per heavy atom. The molecule has 530 valence electrons. The smallest absolute Gasteiger partial charge is 0.408 e. The molecule has 4 saturated heterocycles. The quantitative estimate of drug-likeness (QED) is 0.0848. The predicted octanol–water partition coefficient (Wildman–Crippen LogP) is 4.03. The number of benzene rings is 2. The van der Waals surface area contributed by atoms with E-state index in [1.807, 2.05) is 13.8 Å². The second kappa shape index (κ2) is 33.7. The third-order valence-electron chi connectivity index (χ3n) is 18.7. The molecule has 4 aliphatic heterocycles. The molecule has 0 aliphatic carbocycles. The van der Waals surface area contributed by atoms with Gasteiger partial charge in [0.1, 0.15) is 65.8 Å². The molecular formula is C70H103N9O17. The maximum atomic E-state index is 15.5. The van der Waals surface area contributed by atoms with Crippen molar-refractivity contribution in [3.05, 3.63) is 65.7 Å². The van der Waals surface area contributed by atoms with Crippen LogP contribution in [0.5, 0.6) is 5.75 Å². The topological polar surface area (TPSA) is 326 Å². The van der Waals surface area contributed by atoms with Gasteiger partial charge in [0.05, 0.1) is 31.6 Å². The number of alkyl carbamates (subject to hydrolysis) is 1. The summed E-state index contributed by atoms with van der Waals surface area (Å²) in [5, 5.41) is 23.0. The number of methoxy groups -OCH3 is 1. The molecule has 96 heavy (non-hydrogen) atoms. The Balaban J connectivity index is 1.36. The summed E-state index contributed by atoms with van der Waals surface area (Å²) >= 11 is 0. The number of aliphatic hydroxyl groups is 1. The first-order valence-corrected chi connectivity index (χ1v) is 33.7. The van der Waals surface area contributed by atoms with Crippen molar-refractivity contribution < 1.29 is 81.6 Å². The van der Waals surface area contributed by atoms with Crippen LogP contribution in [0.2, 0.25) is 0 Å². The molecule has 15 atom stereocenters. The lowest BCUT2D eigenvalue weighted by Crippen LogP contribution is -2.61. The highest BCUT2D eigenvalue weighted by Crippen LogP contribution is 2.32. The number of likely N-dealkylation sites (tertiary alicyclic amines) is 2. The normalized spacial score (nSPS) is 27.3. The number of esters is 2. The van der Waals surface area contributed by atoms with Gasteiger partial charge in [-0.15, -0.1) is 0 Å². The van der Waals surface area contributed by atoms with E-state index in [1.165, 1.54) is 66.5 Å². The van der Waals surface area contributed by atoms with Crippen molar-refractivity contribution in [2.75, 3.05) is 34.3 Å². The Bertz CT molecular complexity index is 3120. The average Bonchev–Trinajstić information content (AvgIpc) is 1.60. The highest BCUT2D eigenvalue weighted by atomic mass is 16.6. The average molecular weight is 1340 g/mol. The van der Waals surface area contributed by atoms with E-state index in [0.29, 0.717) is 30.6 Å². The summed E-state index contributed by atoms with van der Waals surface area (Å²) in [5.41, 5.74) is 0.404. The van der Waals surface area contributed by atoms with Crippen molar-refractivity contribution in [1.82, 2.24) is 45.8 Å². The molecule has 4 heterocycles. The van der Waals surface area contributed by atoms with Crippen LogP contribution in [0.15, 0.2) is 54.6 Å². The van der Waals surface area contributed by atoms with Gasteiger partial charge in [-0.25, -0.2) is 9.59 Å². The Morgan fingerprint density at radius 2 is 1.45 bits per heavy atom. The minimum absolute atomic E-state index is 0.0587. The minimum atomic E-state index is -1.72. The van der Waals surface area contributed by atoms with Crippen molar-refractivity contribution in [3.63, 3.8) is 0 Å². The Hall–Kier alpha value is -8.16. The van der Waals surface area contributed by atoms with Crippen molar-refractivity contribution in [1.29, 1.82) is 0 Å². The van der Waals surface area contributed by atoms with Gasteiger partial charge in [-0.3, -0.25) is 47.9 Å². The number of ketones is 1. The highest BCUT2D eigenvalue weighted by molar-refractivity contribution is 6.05. The molecule has 2 aromatic rings. The standard InChI is InChI=1S/C70H103N9O17/c1-17-40(6)56-54(80)37-55(81)95-59(39(4)5)58(82)42(8)60(83)72-49(33-38(2)3)64(87)78-32-22-26-51(78)66(89)76(15)53(36-46-27-29-47(93-16)30-28-46)68(91)94-44(10)57(62(85)74-56)79-41(7)34-52(67(79)90)75(14)65(88)50-25-21-31-77(50)63(86)43(9)71-61(84)48(35-45-23-19-18-20-24-45)73-69(92)96-70(11,12)13/h18-20,23-24,27-30,38-44,48-54,56-57,59,80H,17,21-22,25-26,31-37H2,1-16H3,(H,71,84)(H,72,83)(H,73,92)(H,74,85)/t40-,41?,42-,43-,44+,48+,49-,50-,51-,52+,53-,54-,56+,57-,59-/m0/s1. The zero-order valence-electron chi connectivity index (χ0n) is 58.7. The van der Waals surface area contributed by atoms with Gasteiger partial charge >= 0.3 is 18.0 Å². The lowest BCUT2D eigenvalue weighted by molar-refractivity contribution is -0.166. The molecule has 0 spiro atoms. The van der Waals surface area contributed by atoms with Gasteiger partial charge in [-0.2, -0.15) is 0 Å². The monoisotopic (exact) mass is 1340 g/mol. The van der Waals surface area contributed by atoms with E-state index >= 15 is 19.2 Å². The van der Waals surface area contributed by atoms with Crippen LogP contribution in [0.25, 0.3) is 0 Å². The molecule has 4 fully saturated rings. The van der Waals surface area contributed by atoms with Gasteiger partial charge in [0.25, 0.3) is 0 Å². The molecule has 26 nitrogen and oxygen atoms in total. The molecule has 2 aromatic carbocycles. The lowest BCUT2D eigenvalue weighted by atomic mass is 9.91. The first kappa shape index (κ1) is 76.9. The van der Waals surface area contributed by atoms with Crippen LogP contribution in [0.4, 0.5) is 4.79 Å². The number of cyclic esters (lactones) is 2. The highest BCUT2D eigenvalue weighted by Gasteiger charge is 2.52. The molecule has 4 aliphatic rings. The van der Waals surface area contributed by atoms with E-state index in [9.17, 15) is 43.5 Å². The number of nitrogens with zero attached hydrogens (tertiary/aromatic N) is 5. The number of hydrogen-bond donors (Lipinski definition) is 5. The molecule has 0 aromatic heterocycles. The first-order valence-electron chi connectivity index (χ1n) is 33.7. The third-order valence-corrected chi connectivity index (χ3v) is 18.7. The lowest BCUT2D eigenvalue weighted by Gasteiger charge is -2.38. The molecule has 6 rings (SSSR count). The molecule has 1 unspecified atom stereocenters. The number of amides is 9. The molecule has 9 amide bonds. The number of likely N-dealkylation sites (N-methyl/N-ethyl adjacent to an activating group) is 2. The summed E-state index contributed by atoms with van der Waals surface area (Å²) in [7, 11) is 4.30. The van der Waals surface area contributed by atoms with E-state index in [-0.39, 0.29) is 57.5 Å². The number of fused-ring (bicyclic) bond motifs is 1. The zero-order chi connectivity index (χ0) is 71.4. The maximum absolute atomic E-state index is 15.5. The van der Waals surface area contributed by atoms with Gasteiger partial charge in [0, 0.05) is 46.1 Å². The van der Waals surface area contributed by atoms with Crippen LogP contribution in [-0.4, -0.2) is 219 Å². The Kier molecular flexibility index (Phi) is 27.0. The Labute approximate surface area is 564 Å². The fourth-order valence-corrected chi connectivity index (χ4v) is 13.1. The summed E-state index contributed by atoms with van der Waals surface area (Å²) in [5.74, 6) is -10.8. The number of hydrogen-bond acceptors (Lipinski definition) is 17. The SMILES string of the molecule is CC[C@H](C)[C@H]1NC(=O)[C@@H](N2C(=O)[C@H](N(C)C(=O)[C@@H]3CCCN3C(=O)[C@H](C)NC(=O)[C@@H](Cc3ccccc3)NC(=O)OC(C)(C)C)CC2C)[C@@H](C)OC(=O)[C@H](Cc2ccc(OC)cc2)N(C)C(=O)[C@@H]2CCCN2C(=O)[C@H](CC(C)C)NC(=O)[C@@H](C)C(=O)[C@H](C(C)C)OC(=O)C[C@@H]1O. The van der Waals surface area contributed by atoms with E-state index in [1.54, 1.807) is 110 Å². The van der Waals surface area contributed by atoms with E-state index in [0.717, 1.165) is 5.56 Å². The summed E-state index contributed by atoms with van der Waals surface area (Å²) in [6, 6.07) is 3.37. The summed E-state index contributed by atoms with van der Waals surface area (Å²) < 4.78 is 23.0. The third kappa shape index (κ3) is 19.3. The van der Waals surface area contributed by atoms with Crippen molar-refractivity contribution >= 4 is 71.1 Å². The van der Waals surface area contributed by atoms with Crippen LogP contribution >= 0.6 is 0 Å². The van der Waals surface area contributed by atoms with E-state index in [4.69, 9.17) is 18.9 Å². The van der Waals surface area contributed by atoms with E-state index < -0.39 is 180 Å². The minimum Gasteiger partial charge on any atom is -0.497 e.